The van der Waals surface area contributed by atoms with Crippen molar-refractivity contribution >= 4 is 5.91 Å². The maximum atomic E-state index is 12.6. The minimum Gasteiger partial charge on any atom is -0.497 e. The highest BCUT2D eigenvalue weighted by molar-refractivity contribution is 5.76. The molecule has 1 aliphatic rings. The molecule has 1 atom stereocenters. The van der Waals surface area contributed by atoms with E-state index in [0.29, 0.717) is 13.0 Å². The number of amides is 1. The van der Waals surface area contributed by atoms with Crippen molar-refractivity contribution in [2.24, 2.45) is 0 Å². The van der Waals surface area contributed by atoms with Crippen LogP contribution in [0.5, 0.6) is 5.75 Å². The molecule has 0 spiro atoms. The van der Waals surface area contributed by atoms with E-state index in [4.69, 9.17) is 9.72 Å². The van der Waals surface area contributed by atoms with Crippen LogP contribution in [0.4, 0.5) is 0 Å². The van der Waals surface area contributed by atoms with Gasteiger partial charge in [0.2, 0.25) is 5.91 Å². The Morgan fingerprint density at radius 1 is 1.23 bits per heavy atom. The molecule has 1 aliphatic heterocycles. The zero-order valence-corrected chi connectivity index (χ0v) is 17.1. The molecule has 1 aromatic carbocycles. The lowest BCUT2D eigenvalue weighted by Crippen LogP contribution is -2.39. The number of rotatable bonds is 7. The van der Waals surface area contributed by atoms with Crippen molar-refractivity contribution in [1.29, 1.82) is 0 Å². The van der Waals surface area contributed by atoms with E-state index in [0.717, 1.165) is 49.4 Å². The van der Waals surface area contributed by atoms with Crippen LogP contribution in [-0.2, 0) is 17.8 Å². The third-order valence-electron chi connectivity index (χ3n) is 5.53. The van der Waals surface area contributed by atoms with E-state index >= 15 is 0 Å². The number of nitrogens with zero attached hydrogens (tertiary/aromatic N) is 6. The monoisotopic (exact) mass is 406 g/mol. The number of likely N-dealkylation sites (tertiary alicyclic amines) is 1. The molecule has 2 aromatic heterocycles. The van der Waals surface area contributed by atoms with E-state index in [-0.39, 0.29) is 11.8 Å². The van der Waals surface area contributed by atoms with Gasteiger partial charge < -0.3 is 9.64 Å². The molecule has 1 fully saturated rings. The van der Waals surface area contributed by atoms with Crippen LogP contribution in [0.1, 0.15) is 42.0 Å². The normalized spacial score (nSPS) is 16.4. The Kier molecular flexibility index (Phi) is 6.32. The molecule has 1 saturated heterocycles. The van der Waals surface area contributed by atoms with E-state index in [9.17, 15) is 4.79 Å². The van der Waals surface area contributed by atoms with Crippen LogP contribution >= 0.6 is 0 Å². The molecule has 0 unspecified atom stereocenters. The summed E-state index contributed by atoms with van der Waals surface area (Å²) in [7, 11) is 1.68. The first-order valence-corrected chi connectivity index (χ1v) is 10.3. The number of carbonyl (C=O) groups excluding carboxylic acids is 1. The van der Waals surface area contributed by atoms with Gasteiger partial charge in [0.15, 0.2) is 0 Å². The van der Waals surface area contributed by atoms with Gasteiger partial charge in [0.25, 0.3) is 0 Å². The molecule has 3 aromatic rings. The summed E-state index contributed by atoms with van der Waals surface area (Å²) >= 11 is 0. The van der Waals surface area contributed by atoms with Crippen LogP contribution < -0.4 is 4.74 Å². The summed E-state index contributed by atoms with van der Waals surface area (Å²) in [4.78, 5) is 19.3. The zero-order chi connectivity index (χ0) is 20.8. The van der Waals surface area contributed by atoms with Gasteiger partial charge in [-0.15, -0.1) is 5.10 Å². The molecule has 4 rings (SSSR count). The summed E-state index contributed by atoms with van der Waals surface area (Å²) in [6.45, 7) is 2.03. The number of aromatic nitrogens is 5. The van der Waals surface area contributed by atoms with Crippen LogP contribution in [0.2, 0.25) is 0 Å². The average molecular weight is 406 g/mol. The minimum atomic E-state index is 0.143. The summed E-state index contributed by atoms with van der Waals surface area (Å²) in [6, 6.07) is 12.3. The highest BCUT2D eigenvalue weighted by Crippen LogP contribution is 2.26. The van der Waals surface area contributed by atoms with Gasteiger partial charge in [-0.3, -0.25) is 9.78 Å². The average Bonchev–Trinajstić information content (AvgIpc) is 3.32. The molecule has 0 radical (unpaired) electrons. The van der Waals surface area contributed by atoms with Gasteiger partial charge in [-0.2, -0.15) is 0 Å². The van der Waals surface area contributed by atoms with Crippen molar-refractivity contribution < 1.29 is 9.53 Å². The van der Waals surface area contributed by atoms with Gasteiger partial charge in [0.05, 0.1) is 13.7 Å². The zero-order valence-electron chi connectivity index (χ0n) is 17.1. The molecule has 30 heavy (non-hydrogen) atoms. The summed E-state index contributed by atoms with van der Waals surface area (Å²) < 4.78 is 6.89. The first-order valence-electron chi connectivity index (χ1n) is 10.3. The van der Waals surface area contributed by atoms with Gasteiger partial charge in [-0.1, -0.05) is 18.2 Å². The molecule has 0 N–H and O–H groups in total. The fraction of sp³-hybridized carbons (Fsp3) is 0.409. The van der Waals surface area contributed by atoms with E-state index in [2.05, 4.69) is 33.7 Å². The summed E-state index contributed by atoms with van der Waals surface area (Å²) in [5, 5.41) is 11.0. The van der Waals surface area contributed by atoms with Gasteiger partial charge in [0.1, 0.15) is 12.1 Å². The Hall–Kier alpha value is -3.29. The van der Waals surface area contributed by atoms with Crippen molar-refractivity contribution in [3.05, 3.63) is 65.7 Å². The Labute approximate surface area is 175 Å². The second kappa shape index (κ2) is 9.47. The first-order chi connectivity index (χ1) is 14.7. The van der Waals surface area contributed by atoms with Gasteiger partial charge >= 0.3 is 0 Å². The lowest BCUT2D eigenvalue weighted by molar-refractivity contribution is -0.132. The number of hydrogen-bond acceptors (Lipinski definition) is 6. The molecule has 8 heteroatoms. The molecule has 3 heterocycles. The Morgan fingerprint density at radius 2 is 2.17 bits per heavy atom. The smallest absolute Gasteiger partial charge is 0.224 e. The number of hydrogen-bond donors (Lipinski definition) is 0. The van der Waals surface area contributed by atoms with Gasteiger partial charge in [-0.05, 0) is 59.0 Å². The molecule has 0 bridgehead atoms. The SMILES string of the molecule is COc1cccc(Cc2ccc([C@H]3CCCN(C(=O)CCn4cnnn4)C3)nc2)c1. The fourth-order valence-electron chi connectivity index (χ4n) is 3.90. The fourth-order valence-corrected chi connectivity index (χ4v) is 3.90. The first kappa shape index (κ1) is 20.0. The third-order valence-corrected chi connectivity index (χ3v) is 5.53. The maximum absolute atomic E-state index is 12.6. The van der Waals surface area contributed by atoms with E-state index in [1.807, 2.05) is 29.3 Å². The predicted octanol–water partition coefficient (Wildman–Crippen LogP) is 2.46. The number of aryl methyl sites for hydroxylation is 1. The van der Waals surface area contributed by atoms with E-state index < -0.39 is 0 Å². The van der Waals surface area contributed by atoms with Crippen molar-refractivity contribution in [3.8, 4) is 5.75 Å². The number of ether oxygens (including phenoxy) is 1. The van der Waals surface area contributed by atoms with Gasteiger partial charge in [0, 0.05) is 37.3 Å². The van der Waals surface area contributed by atoms with Crippen LogP contribution in [0.3, 0.4) is 0 Å². The lowest BCUT2D eigenvalue weighted by Gasteiger charge is -2.32. The maximum Gasteiger partial charge on any atom is 0.224 e. The Morgan fingerprint density at radius 3 is 2.93 bits per heavy atom. The summed E-state index contributed by atoms with van der Waals surface area (Å²) in [5.74, 6) is 1.29. The van der Waals surface area contributed by atoms with Crippen molar-refractivity contribution in [3.63, 3.8) is 0 Å². The minimum absolute atomic E-state index is 0.143. The van der Waals surface area contributed by atoms with Crippen molar-refractivity contribution in [1.82, 2.24) is 30.1 Å². The molecule has 156 valence electrons. The van der Waals surface area contributed by atoms with Crippen LogP contribution in [0.15, 0.2) is 48.9 Å². The second-order valence-corrected chi connectivity index (χ2v) is 7.62. The number of carbonyl (C=O) groups is 1. The Bertz CT molecular complexity index is 958. The molecule has 8 nitrogen and oxygen atoms in total. The standard InChI is InChI=1S/C22H26N6O2/c1-30-20-6-2-4-17(13-20)12-18-7-8-21(23-14-18)19-5-3-10-27(15-19)22(29)9-11-28-16-24-25-26-28/h2,4,6-8,13-14,16,19H,3,5,9-12,15H2,1H3/t19-/m0/s1. The number of benzene rings is 1. The number of methoxy groups -OCH3 is 1. The topological polar surface area (TPSA) is 86.0 Å². The number of piperidine rings is 1. The summed E-state index contributed by atoms with van der Waals surface area (Å²) in [6.07, 6.45) is 6.76. The quantitative estimate of drug-likeness (QED) is 0.599. The molecular formula is C22H26N6O2. The third kappa shape index (κ3) is 5.00. The van der Waals surface area contributed by atoms with Crippen molar-refractivity contribution in [2.75, 3.05) is 20.2 Å². The van der Waals surface area contributed by atoms with Gasteiger partial charge in [-0.25, -0.2) is 4.68 Å². The predicted molar refractivity (Wildman–Crippen MR) is 111 cm³/mol. The second-order valence-electron chi connectivity index (χ2n) is 7.62. The Balaban J connectivity index is 1.34. The molecule has 0 saturated carbocycles. The van der Waals surface area contributed by atoms with Crippen molar-refractivity contribution in [2.45, 2.75) is 38.1 Å². The molecular weight excluding hydrogens is 380 g/mol. The number of tetrazole rings is 1. The molecule has 1 amide bonds. The van der Waals surface area contributed by atoms with E-state index in [1.54, 1.807) is 11.8 Å². The van der Waals surface area contributed by atoms with E-state index in [1.165, 1.54) is 11.9 Å². The van der Waals surface area contributed by atoms with Crippen LogP contribution in [-0.4, -0.2) is 56.2 Å². The highest BCUT2D eigenvalue weighted by atomic mass is 16.5. The lowest BCUT2D eigenvalue weighted by atomic mass is 9.93. The molecule has 0 aliphatic carbocycles. The van der Waals surface area contributed by atoms with Crippen LogP contribution in [0, 0.1) is 0 Å². The van der Waals surface area contributed by atoms with Crippen LogP contribution in [0.25, 0.3) is 0 Å². The highest BCUT2D eigenvalue weighted by Gasteiger charge is 2.25. The summed E-state index contributed by atoms with van der Waals surface area (Å²) in [5.41, 5.74) is 3.42. The largest absolute Gasteiger partial charge is 0.497 e. The number of pyridine rings is 1.